The molecule has 0 atom stereocenters. The zero-order chi connectivity index (χ0) is 27.4. The van der Waals surface area contributed by atoms with Gasteiger partial charge in [-0.05, 0) is 56.9 Å². The molecule has 0 spiro atoms. The van der Waals surface area contributed by atoms with Crippen molar-refractivity contribution in [3.63, 3.8) is 0 Å². The third-order valence-corrected chi connectivity index (χ3v) is 8.11. The Morgan fingerprint density at radius 1 is 1.03 bits per heavy atom. The molecule has 0 bridgehead atoms. The molecular weight excluding hydrogens is 492 g/mol. The van der Waals surface area contributed by atoms with Crippen molar-refractivity contribution in [3.05, 3.63) is 42.2 Å². The summed E-state index contributed by atoms with van der Waals surface area (Å²) in [4.78, 5) is 47.2. The van der Waals surface area contributed by atoms with E-state index in [-0.39, 0.29) is 29.6 Å². The minimum Gasteiger partial charge on any atom is -0.382 e. The zero-order valence-corrected chi connectivity index (χ0v) is 22.7. The number of anilines is 1. The molecule has 2 aromatic heterocycles. The Morgan fingerprint density at radius 3 is 2.51 bits per heavy atom. The highest BCUT2D eigenvalue weighted by molar-refractivity contribution is 6.12. The van der Waals surface area contributed by atoms with Gasteiger partial charge in [-0.15, -0.1) is 0 Å². The highest BCUT2D eigenvalue weighted by atomic mass is 16.2. The first kappa shape index (κ1) is 26.8. The van der Waals surface area contributed by atoms with E-state index in [0.717, 1.165) is 92.1 Å². The molecule has 3 amide bonds. The zero-order valence-electron chi connectivity index (χ0n) is 22.7. The van der Waals surface area contributed by atoms with Gasteiger partial charge in [-0.1, -0.05) is 31.5 Å². The molecule has 206 valence electrons. The molecule has 39 heavy (non-hydrogen) atoms. The number of benzene rings is 1. The van der Waals surface area contributed by atoms with Gasteiger partial charge in [-0.2, -0.15) is 0 Å². The van der Waals surface area contributed by atoms with E-state index in [1.54, 1.807) is 0 Å². The number of imide groups is 1. The van der Waals surface area contributed by atoms with Crippen LogP contribution in [0.25, 0.3) is 21.9 Å². The number of fused-ring (bicyclic) bond motifs is 3. The van der Waals surface area contributed by atoms with Gasteiger partial charge in [0.05, 0.1) is 11.0 Å². The summed E-state index contributed by atoms with van der Waals surface area (Å²) in [6, 6.07) is 8.06. The Hall–Kier alpha value is -3.75. The lowest BCUT2D eigenvalue weighted by Gasteiger charge is -2.30. The number of amides is 3. The number of carbonyl (C=O) groups is 3. The minimum absolute atomic E-state index is 0.00411. The van der Waals surface area contributed by atoms with Crippen LogP contribution in [0, 0.1) is 11.8 Å². The molecule has 3 N–H and O–H groups in total. The Bertz CT molecular complexity index is 1380. The van der Waals surface area contributed by atoms with Crippen LogP contribution in [0.15, 0.2) is 36.4 Å². The lowest BCUT2D eigenvalue weighted by Crippen LogP contribution is -2.38. The van der Waals surface area contributed by atoms with Gasteiger partial charge in [-0.3, -0.25) is 19.3 Å². The highest BCUT2D eigenvalue weighted by Gasteiger charge is 2.31. The first-order valence-electron chi connectivity index (χ1n) is 14.3. The molecular formula is C30H38N6O3. The van der Waals surface area contributed by atoms with Gasteiger partial charge in [-0.25, -0.2) is 9.97 Å². The van der Waals surface area contributed by atoms with Crippen LogP contribution in [0.4, 0.5) is 5.82 Å². The predicted molar refractivity (Wildman–Crippen MR) is 152 cm³/mol. The van der Waals surface area contributed by atoms with Gasteiger partial charge in [0.2, 0.25) is 5.91 Å². The van der Waals surface area contributed by atoms with Crippen LogP contribution in [0.3, 0.4) is 0 Å². The van der Waals surface area contributed by atoms with E-state index in [2.05, 4.69) is 27.9 Å². The number of nitrogens with zero attached hydrogens (tertiary/aromatic N) is 4. The average molecular weight is 531 g/mol. The maximum absolute atomic E-state index is 12.8. The van der Waals surface area contributed by atoms with Gasteiger partial charge in [0.25, 0.3) is 11.8 Å². The normalized spacial score (nSPS) is 19.5. The van der Waals surface area contributed by atoms with Gasteiger partial charge in [0.15, 0.2) is 5.82 Å². The van der Waals surface area contributed by atoms with Gasteiger partial charge >= 0.3 is 0 Å². The van der Waals surface area contributed by atoms with Crippen LogP contribution in [0.5, 0.6) is 0 Å². The molecule has 3 heterocycles. The summed E-state index contributed by atoms with van der Waals surface area (Å²) in [7, 11) is 0. The Kier molecular flexibility index (Phi) is 8.24. The van der Waals surface area contributed by atoms with Crippen molar-refractivity contribution in [1.29, 1.82) is 0 Å². The number of para-hydroxylation sites is 1. The van der Waals surface area contributed by atoms with Gasteiger partial charge in [0.1, 0.15) is 11.3 Å². The monoisotopic (exact) mass is 530 g/mol. The Labute approximate surface area is 228 Å². The maximum Gasteiger partial charge on any atom is 0.253 e. The molecule has 1 fully saturated rings. The van der Waals surface area contributed by atoms with Crippen LogP contribution < -0.4 is 11.1 Å². The fraction of sp³-hybridized carbons (Fsp3) is 0.500. The first-order chi connectivity index (χ1) is 19.0. The molecule has 0 radical (unpaired) electrons. The molecule has 1 aliphatic carbocycles. The second kappa shape index (κ2) is 12.0. The lowest BCUT2D eigenvalue weighted by atomic mass is 9.81. The van der Waals surface area contributed by atoms with E-state index < -0.39 is 0 Å². The third kappa shape index (κ3) is 5.82. The SMILES string of the molecule is CCCCc1nc2c(N)nc3ccccc3c2n1CCCCNC(=O)[C@H]1CC[C@H](CN2C(=O)C=CC2=O)CC1. The van der Waals surface area contributed by atoms with Crippen molar-refractivity contribution in [2.75, 3.05) is 18.8 Å². The summed E-state index contributed by atoms with van der Waals surface area (Å²) in [6.07, 6.45) is 10.8. The van der Waals surface area contributed by atoms with E-state index in [0.29, 0.717) is 18.9 Å². The molecule has 0 saturated heterocycles. The summed E-state index contributed by atoms with van der Waals surface area (Å²) in [6.45, 7) is 4.09. The molecule has 2 aliphatic rings. The number of unbranched alkanes of at least 4 members (excludes halogenated alkanes) is 2. The molecule has 1 saturated carbocycles. The van der Waals surface area contributed by atoms with Gasteiger partial charge < -0.3 is 15.6 Å². The summed E-state index contributed by atoms with van der Waals surface area (Å²) < 4.78 is 2.31. The van der Waals surface area contributed by atoms with E-state index in [1.165, 1.54) is 17.1 Å². The number of hydrogen-bond donors (Lipinski definition) is 2. The van der Waals surface area contributed by atoms with Crippen LogP contribution in [-0.2, 0) is 27.3 Å². The Balaban J connectivity index is 1.13. The number of carbonyl (C=O) groups excluding carboxylic acids is 3. The van der Waals surface area contributed by atoms with Crippen LogP contribution in [-0.4, -0.2) is 50.2 Å². The smallest absolute Gasteiger partial charge is 0.253 e. The van der Waals surface area contributed by atoms with Crippen LogP contribution in [0.2, 0.25) is 0 Å². The number of imidazole rings is 1. The average Bonchev–Trinajstić information content (AvgIpc) is 3.47. The third-order valence-electron chi connectivity index (χ3n) is 8.11. The standard InChI is InChI=1S/C30H38N6O3/c1-2-3-10-24-34-27-28(22-8-4-5-9-23(22)33-29(27)31)35(24)18-7-6-17-32-30(39)21-13-11-20(12-14-21)19-36-25(37)15-16-26(36)38/h4-5,8-9,15-16,20-21H,2-3,6-7,10-14,17-19H2,1H3,(H2,31,33)(H,32,39)/t20-,21-. The number of nitrogens with two attached hydrogens (primary N) is 1. The van der Waals surface area contributed by atoms with E-state index in [9.17, 15) is 14.4 Å². The maximum atomic E-state index is 12.8. The number of aryl methyl sites for hydroxylation is 2. The molecule has 0 unspecified atom stereocenters. The number of rotatable bonds is 11. The van der Waals surface area contributed by atoms with E-state index in [1.807, 2.05) is 18.2 Å². The summed E-state index contributed by atoms with van der Waals surface area (Å²) in [5.74, 6) is 1.45. The van der Waals surface area contributed by atoms with Gasteiger partial charge in [0, 0.05) is 49.5 Å². The largest absolute Gasteiger partial charge is 0.382 e. The number of nitrogens with one attached hydrogen (secondary N) is 1. The number of hydrogen-bond acceptors (Lipinski definition) is 6. The first-order valence-corrected chi connectivity index (χ1v) is 14.3. The fourth-order valence-electron chi connectivity index (χ4n) is 5.90. The van der Waals surface area contributed by atoms with Crippen LogP contribution >= 0.6 is 0 Å². The summed E-state index contributed by atoms with van der Waals surface area (Å²) >= 11 is 0. The Morgan fingerprint density at radius 2 is 1.77 bits per heavy atom. The van der Waals surface area contributed by atoms with Crippen molar-refractivity contribution < 1.29 is 14.4 Å². The summed E-state index contributed by atoms with van der Waals surface area (Å²) in [5, 5.41) is 4.20. The second-order valence-electron chi connectivity index (χ2n) is 10.8. The van der Waals surface area contributed by atoms with Crippen molar-refractivity contribution in [2.45, 2.75) is 71.3 Å². The molecule has 3 aromatic rings. The molecule has 5 rings (SSSR count). The van der Waals surface area contributed by atoms with Crippen molar-refractivity contribution in [2.24, 2.45) is 11.8 Å². The van der Waals surface area contributed by atoms with Crippen molar-refractivity contribution >= 4 is 45.5 Å². The minimum atomic E-state index is -0.227. The summed E-state index contributed by atoms with van der Waals surface area (Å²) in [5.41, 5.74) is 9.01. The number of nitrogen functional groups attached to an aromatic ring is 1. The van der Waals surface area contributed by atoms with E-state index >= 15 is 0 Å². The highest BCUT2D eigenvalue weighted by Crippen LogP contribution is 2.31. The lowest BCUT2D eigenvalue weighted by molar-refractivity contribution is -0.138. The molecule has 9 heteroatoms. The molecule has 9 nitrogen and oxygen atoms in total. The second-order valence-corrected chi connectivity index (χ2v) is 10.8. The van der Waals surface area contributed by atoms with Crippen molar-refractivity contribution in [1.82, 2.24) is 24.8 Å². The number of pyridine rings is 1. The number of aromatic nitrogens is 3. The quantitative estimate of drug-likeness (QED) is 0.284. The molecule has 1 aliphatic heterocycles. The topological polar surface area (TPSA) is 123 Å². The van der Waals surface area contributed by atoms with Crippen molar-refractivity contribution in [3.8, 4) is 0 Å². The van der Waals surface area contributed by atoms with E-state index in [4.69, 9.17) is 10.7 Å². The van der Waals surface area contributed by atoms with Crippen LogP contribution in [0.1, 0.15) is 64.1 Å². The fourth-order valence-corrected chi connectivity index (χ4v) is 5.90. The predicted octanol–water partition coefficient (Wildman–Crippen LogP) is 4.14. The molecule has 1 aromatic carbocycles.